The molecule has 5 nitrogen and oxygen atoms in total. The summed E-state index contributed by atoms with van der Waals surface area (Å²) < 4.78 is 0. The molecule has 0 radical (unpaired) electrons. The number of anilines is 2. The Balaban J connectivity index is 1.82. The van der Waals surface area contributed by atoms with E-state index in [1.807, 2.05) is 69.3 Å². The first kappa shape index (κ1) is 19.3. The van der Waals surface area contributed by atoms with E-state index in [-0.39, 0.29) is 11.8 Å². The van der Waals surface area contributed by atoms with E-state index < -0.39 is 0 Å². The molecule has 0 fully saturated rings. The Hall–Kier alpha value is -3.47. The molecule has 0 bridgehead atoms. The number of carbonyl (C=O) groups excluding carboxylic acids is 2. The van der Waals surface area contributed by atoms with Gasteiger partial charge in [0.15, 0.2) is 0 Å². The molecule has 2 amide bonds. The van der Waals surface area contributed by atoms with Gasteiger partial charge in [-0.05, 0) is 56.7 Å². The van der Waals surface area contributed by atoms with Crippen molar-refractivity contribution in [3.05, 3.63) is 89.2 Å². The molecule has 5 heteroatoms. The zero-order chi connectivity index (χ0) is 20.1. The monoisotopic (exact) mass is 373 g/mol. The standard InChI is InChI=1S/C23H23N3O2/c1-4-26(21-7-5-6-17(3)12-21)23(28)19-13-18(14-24-15-19)22(27)25-20-10-8-16(2)9-11-20/h5-15H,4H2,1-3H3,(H,25,27). The molecule has 0 aliphatic rings. The van der Waals surface area contributed by atoms with Crippen LogP contribution in [0.2, 0.25) is 0 Å². The number of aryl methyl sites for hydroxylation is 2. The quantitative estimate of drug-likeness (QED) is 0.710. The van der Waals surface area contributed by atoms with E-state index in [2.05, 4.69) is 10.3 Å². The van der Waals surface area contributed by atoms with Crippen molar-refractivity contribution in [1.82, 2.24) is 4.98 Å². The Morgan fingerprint density at radius 2 is 1.64 bits per heavy atom. The van der Waals surface area contributed by atoms with E-state index in [9.17, 15) is 9.59 Å². The number of rotatable bonds is 5. The predicted molar refractivity (Wildman–Crippen MR) is 112 cm³/mol. The third-order valence-electron chi connectivity index (χ3n) is 4.43. The van der Waals surface area contributed by atoms with Crippen LogP contribution < -0.4 is 10.2 Å². The highest BCUT2D eigenvalue weighted by molar-refractivity contribution is 6.09. The van der Waals surface area contributed by atoms with E-state index in [1.54, 1.807) is 11.0 Å². The third-order valence-corrected chi connectivity index (χ3v) is 4.43. The van der Waals surface area contributed by atoms with E-state index in [1.165, 1.54) is 12.4 Å². The van der Waals surface area contributed by atoms with Gasteiger partial charge in [0, 0.05) is 30.3 Å². The Labute approximate surface area is 165 Å². The first-order chi connectivity index (χ1) is 13.5. The second kappa shape index (κ2) is 8.48. The number of nitrogens with one attached hydrogen (secondary N) is 1. The molecule has 0 atom stereocenters. The summed E-state index contributed by atoms with van der Waals surface area (Å²) in [6.07, 6.45) is 2.95. The Morgan fingerprint density at radius 3 is 2.32 bits per heavy atom. The normalized spacial score (nSPS) is 10.4. The topological polar surface area (TPSA) is 62.3 Å². The number of benzene rings is 2. The Kier molecular flexibility index (Phi) is 5.84. The molecule has 28 heavy (non-hydrogen) atoms. The lowest BCUT2D eigenvalue weighted by molar-refractivity contribution is 0.0988. The second-order valence-electron chi connectivity index (χ2n) is 6.67. The van der Waals surface area contributed by atoms with Gasteiger partial charge in [-0.15, -0.1) is 0 Å². The first-order valence-electron chi connectivity index (χ1n) is 9.19. The van der Waals surface area contributed by atoms with Gasteiger partial charge in [0.2, 0.25) is 0 Å². The lowest BCUT2D eigenvalue weighted by Gasteiger charge is -2.21. The van der Waals surface area contributed by atoms with Gasteiger partial charge in [-0.3, -0.25) is 14.6 Å². The second-order valence-corrected chi connectivity index (χ2v) is 6.67. The van der Waals surface area contributed by atoms with Crippen LogP contribution in [0.4, 0.5) is 11.4 Å². The SMILES string of the molecule is CCN(C(=O)c1cncc(C(=O)Nc2ccc(C)cc2)c1)c1cccc(C)c1. The third kappa shape index (κ3) is 4.43. The van der Waals surface area contributed by atoms with Crippen molar-refractivity contribution in [2.45, 2.75) is 20.8 Å². The molecule has 0 aliphatic carbocycles. The maximum Gasteiger partial charge on any atom is 0.259 e. The molecule has 142 valence electrons. The van der Waals surface area contributed by atoms with Crippen LogP contribution in [0.3, 0.4) is 0 Å². The van der Waals surface area contributed by atoms with Crippen LogP contribution in [0.1, 0.15) is 38.8 Å². The van der Waals surface area contributed by atoms with Crippen LogP contribution in [0.15, 0.2) is 67.0 Å². The Morgan fingerprint density at radius 1 is 0.929 bits per heavy atom. The van der Waals surface area contributed by atoms with Crippen molar-refractivity contribution in [2.75, 3.05) is 16.8 Å². The van der Waals surface area contributed by atoms with E-state index in [0.717, 1.165) is 16.8 Å². The summed E-state index contributed by atoms with van der Waals surface area (Å²) in [5.74, 6) is -0.491. The molecule has 1 aromatic heterocycles. The molecule has 1 N–H and O–H groups in total. The number of nitrogens with zero attached hydrogens (tertiary/aromatic N) is 2. The van der Waals surface area contributed by atoms with Crippen LogP contribution in [-0.4, -0.2) is 23.3 Å². The predicted octanol–water partition coefficient (Wildman–Crippen LogP) is 4.62. The lowest BCUT2D eigenvalue weighted by atomic mass is 10.1. The number of amides is 2. The number of carbonyl (C=O) groups is 2. The average molecular weight is 373 g/mol. The molecule has 1 heterocycles. The number of aromatic nitrogens is 1. The summed E-state index contributed by atoms with van der Waals surface area (Å²) in [6, 6.07) is 16.9. The molecular weight excluding hydrogens is 350 g/mol. The van der Waals surface area contributed by atoms with Crippen LogP contribution in [0.5, 0.6) is 0 Å². The summed E-state index contributed by atoms with van der Waals surface area (Å²) in [4.78, 5) is 31.3. The highest BCUT2D eigenvalue weighted by Crippen LogP contribution is 2.19. The largest absolute Gasteiger partial charge is 0.322 e. The molecule has 0 saturated heterocycles. The fourth-order valence-corrected chi connectivity index (χ4v) is 2.92. The van der Waals surface area contributed by atoms with Crippen LogP contribution in [0, 0.1) is 13.8 Å². The summed E-state index contributed by atoms with van der Waals surface area (Å²) in [5.41, 5.74) is 4.42. The number of hydrogen-bond acceptors (Lipinski definition) is 3. The van der Waals surface area contributed by atoms with Gasteiger partial charge in [0.05, 0.1) is 11.1 Å². The number of pyridine rings is 1. The summed E-state index contributed by atoms with van der Waals surface area (Å²) in [5, 5.41) is 2.83. The van der Waals surface area contributed by atoms with Gasteiger partial charge >= 0.3 is 0 Å². The fourth-order valence-electron chi connectivity index (χ4n) is 2.92. The van der Waals surface area contributed by atoms with E-state index in [0.29, 0.717) is 23.4 Å². The minimum atomic E-state index is -0.301. The van der Waals surface area contributed by atoms with Gasteiger partial charge in [-0.2, -0.15) is 0 Å². The van der Waals surface area contributed by atoms with Crippen LogP contribution in [0.25, 0.3) is 0 Å². The summed E-state index contributed by atoms with van der Waals surface area (Å²) >= 11 is 0. The minimum absolute atomic E-state index is 0.189. The van der Waals surface area contributed by atoms with E-state index in [4.69, 9.17) is 0 Å². The fraction of sp³-hybridized carbons (Fsp3) is 0.174. The molecule has 2 aromatic carbocycles. The molecule has 3 rings (SSSR count). The van der Waals surface area contributed by atoms with Gasteiger partial charge in [-0.1, -0.05) is 29.8 Å². The van der Waals surface area contributed by atoms with Crippen molar-refractivity contribution in [3.63, 3.8) is 0 Å². The van der Waals surface area contributed by atoms with Crippen molar-refractivity contribution < 1.29 is 9.59 Å². The van der Waals surface area contributed by atoms with Crippen molar-refractivity contribution >= 4 is 23.2 Å². The highest BCUT2D eigenvalue weighted by Gasteiger charge is 2.18. The van der Waals surface area contributed by atoms with E-state index >= 15 is 0 Å². The first-order valence-corrected chi connectivity index (χ1v) is 9.19. The average Bonchev–Trinajstić information content (AvgIpc) is 2.70. The Bertz CT molecular complexity index is 997. The molecule has 0 aliphatic heterocycles. The molecule has 0 saturated carbocycles. The molecule has 0 unspecified atom stereocenters. The van der Waals surface area contributed by atoms with Gasteiger partial charge in [-0.25, -0.2) is 0 Å². The zero-order valence-corrected chi connectivity index (χ0v) is 16.3. The van der Waals surface area contributed by atoms with Crippen molar-refractivity contribution in [3.8, 4) is 0 Å². The van der Waals surface area contributed by atoms with Crippen LogP contribution >= 0.6 is 0 Å². The van der Waals surface area contributed by atoms with Gasteiger partial charge in [0.1, 0.15) is 0 Å². The maximum atomic E-state index is 13.0. The highest BCUT2D eigenvalue weighted by atomic mass is 16.2. The van der Waals surface area contributed by atoms with Gasteiger partial charge < -0.3 is 10.2 Å². The van der Waals surface area contributed by atoms with Crippen molar-refractivity contribution in [2.24, 2.45) is 0 Å². The van der Waals surface area contributed by atoms with Gasteiger partial charge in [0.25, 0.3) is 11.8 Å². The number of hydrogen-bond donors (Lipinski definition) is 1. The molecular formula is C23H23N3O2. The summed E-state index contributed by atoms with van der Waals surface area (Å²) in [7, 11) is 0. The lowest BCUT2D eigenvalue weighted by Crippen LogP contribution is -2.31. The molecule has 3 aromatic rings. The zero-order valence-electron chi connectivity index (χ0n) is 16.3. The maximum absolute atomic E-state index is 13.0. The van der Waals surface area contributed by atoms with Crippen molar-refractivity contribution in [1.29, 1.82) is 0 Å². The smallest absolute Gasteiger partial charge is 0.259 e. The molecule has 0 spiro atoms. The minimum Gasteiger partial charge on any atom is -0.322 e. The summed E-state index contributed by atoms with van der Waals surface area (Å²) in [6.45, 7) is 6.40. The van der Waals surface area contributed by atoms with Crippen LogP contribution in [-0.2, 0) is 0 Å².